The second kappa shape index (κ2) is 10.7. The molecule has 0 aliphatic carbocycles. The van der Waals surface area contributed by atoms with E-state index in [1.165, 1.54) is 37.7 Å². The first-order chi connectivity index (χ1) is 9.76. The van der Waals surface area contributed by atoms with Gasteiger partial charge in [-0.2, -0.15) is 0 Å². The summed E-state index contributed by atoms with van der Waals surface area (Å²) in [5.41, 5.74) is 1.27. The van der Waals surface area contributed by atoms with Crippen molar-refractivity contribution >= 4 is 0 Å². The molecule has 0 bridgehead atoms. The molecular formula is C18H31NO. The summed E-state index contributed by atoms with van der Waals surface area (Å²) < 4.78 is 6.00. The third kappa shape index (κ3) is 7.54. The number of rotatable bonds is 11. The molecule has 114 valence electrons. The van der Waals surface area contributed by atoms with Crippen LogP contribution in [-0.4, -0.2) is 19.2 Å². The van der Waals surface area contributed by atoms with Crippen molar-refractivity contribution in [3.8, 4) is 5.75 Å². The number of aryl methyl sites for hydroxylation is 1. The summed E-state index contributed by atoms with van der Waals surface area (Å²) >= 11 is 0. The van der Waals surface area contributed by atoms with E-state index in [4.69, 9.17) is 4.74 Å². The molecule has 0 aliphatic rings. The quantitative estimate of drug-likeness (QED) is 0.591. The average molecular weight is 277 g/mol. The molecule has 1 aromatic carbocycles. The van der Waals surface area contributed by atoms with Crippen LogP contribution in [0.2, 0.25) is 0 Å². The minimum absolute atomic E-state index is 0.272. The molecule has 0 heterocycles. The Morgan fingerprint density at radius 2 is 1.70 bits per heavy atom. The Kier molecular flexibility index (Phi) is 9.14. The van der Waals surface area contributed by atoms with Gasteiger partial charge in [0, 0.05) is 6.54 Å². The van der Waals surface area contributed by atoms with Gasteiger partial charge in [0.15, 0.2) is 0 Å². The van der Waals surface area contributed by atoms with E-state index in [9.17, 15) is 0 Å². The summed E-state index contributed by atoms with van der Waals surface area (Å²) in [6, 6.07) is 8.32. The minimum Gasteiger partial charge on any atom is -0.489 e. The van der Waals surface area contributed by atoms with E-state index in [-0.39, 0.29) is 6.10 Å². The molecule has 20 heavy (non-hydrogen) atoms. The van der Waals surface area contributed by atoms with Gasteiger partial charge in [-0.15, -0.1) is 0 Å². The summed E-state index contributed by atoms with van der Waals surface area (Å²) in [7, 11) is 0. The van der Waals surface area contributed by atoms with Crippen molar-refractivity contribution in [2.45, 2.75) is 65.4 Å². The first-order valence-corrected chi connectivity index (χ1v) is 8.20. The second-order valence-corrected chi connectivity index (χ2v) is 5.58. The Hall–Kier alpha value is -1.02. The first kappa shape index (κ1) is 17.0. The monoisotopic (exact) mass is 277 g/mol. The lowest BCUT2D eigenvalue weighted by molar-refractivity contribution is 0.193. The fourth-order valence-electron chi connectivity index (χ4n) is 2.20. The molecule has 2 heteroatoms. The Morgan fingerprint density at radius 3 is 2.35 bits per heavy atom. The molecule has 0 aromatic heterocycles. The van der Waals surface area contributed by atoms with Crippen LogP contribution >= 0.6 is 0 Å². The molecule has 0 aliphatic heterocycles. The number of nitrogens with one attached hydrogen (secondary N) is 1. The highest BCUT2D eigenvalue weighted by molar-refractivity contribution is 5.26. The van der Waals surface area contributed by atoms with Crippen LogP contribution in [0.3, 0.4) is 0 Å². The van der Waals surface area contributed by atoms with Crippen molar-refractivity contribution in [2.24, 2.45) is 0 Å². The van der Waals surface area contributed by atoms with E-state index in [2.05, 4.69) is 50.4 Å². The number of hydrogen-bond acceptors (Lipinski definition) is 2. The zero-order valence-corrected chi connectivity index (χ0v) is 13.5. The van der Waals surface area contributed by atoms with Gasteiger partial charge in [-0.25, -0.2) is 0 Å². The van der Waals surface area contributed by atoms with Crippen LogP contribution in [0.15, 0.2) is 24.3 Å². The van der Waals surface area contributed by atoms with Crippen LogP contribution in [0.1, 0.15) is 57.9 Å². The highest BCUT2D eigenvalue weighted by Gasteiger charge is 2.07. The highest BCUT2D eigenvalue weighted by atomic mass is 16.5. The Balaban J connectivity index is 2.14. The van der Waals surface area contributed by atoms with Gasteiger partial charge < -0.3 is 10.1 Å². The van der Waals surface area contributed by atoms with Gasteiger partial charge in [0.2, 0.25) is 0 Å². The Bertz CT molecular complexity index is 334. The molecule has 1 N–H and O–H groups in total. The normalized spacial score (nSPS) is 12.3. The van der Waals surface area contributed by atoms with E-state index < -0.39 is 0 Å². The first-order valence-electron chi connectivity index (χ1n) is 8.20. The molecule has 0 fully saturated rings. The summed E-state index contributed by atoms with van der Waals surface area (Å²) in [6.07, 6.45) is 7.99. The SMILES string of the molecule is CCCCCCCNCC(CC)Oc1ccc(C)cc1. The topological polar surface area (TPSA) is 21.3 Å². The van der Waals surface area contributed by atoms with Gasteiger partial charge in [-0.3, -0.25) is 0 Å². The number of benzene rings is 1. The van der Waals surface area contributed by atoms with Gasteiger partial charge in [-0.1, -0.05) is 57.2 Å². The maximum absolute atomic E-state index is 6.00. The third-order valence-corrected chi connectivity index (χ3v) is 3.61. The number of hydrogen-bond donors (Lipinski definition) is 1. The standard InChI is InChI=1S/C18H31NO/c1-4-6-7-8-9-14-19-15-17(5-2)20-18-12-10-16(3)11-13-18/h10-13,17,19H,4-9,14-15H2,1-3H3. The fraction of sp³-hybridized carbons (Fsp3) is 0.667. The van der Waals surface area contributed by atoms with Crippen molar-refractivity contribution in [1.82, 2.24) is 5.32 Å². The minimum atomic E-state index is 0.272. The van der Waals surface area contributed by atoms with Crippen LogP contribution in [0.4, 0.5) is 0 Å². The van der Waals surface area contributed by atoms with Crippen LogP contribution in [0, 0.1) is 6.92 Å². The lowest BCUT2D eigenvalue weighted by Gasteiger charge is -2.18. The van der Waals surface area contributed by atoms with Gasteiger partial charge in [-0.05, 0) is 38.4 Å². The van der Waals surface area contributed by atoms with Gasteiger partial charge in [0.1, 0.15) is 11.9 Å². The molecule has 0 saturated carbocycles. The van der Waals surface area contributed by atoms with Crippen molar-refractivity contribution in [3.05, 3.63) is 29.8 Å². The molecule has 1 atom stereocenters. The second-order valence-electron chi connectivity index (χ2n) is 5.58. The zero-order valence-electron chi connectivity index (χ0n) is 13.5. The van der Waals surface area contributed by atoms with E-state index in [0.29, 0.717) is 0 Å². The molecule has 2 nitrogen and oxygen atoms in total. The van der Waals surface area contributed by atoms with Gasteiger partial charge in [0.25, 0.3) is 0 Å². The number of unbranched alkanes of at least 4 members (excludes halogenated alkanes) is 4. The highest BCUT2D eigenvalue weighted by Crippen LogP contribution is 2.14. The molecule has 1 rings (SSSR count). The van der Waals surface area contributed by atoms with Gasteiger partial charge >= 0.3 is 0 Å². The van der Waals surface area contributed by atoms with Crippen molar-refractivity contribution < 1.29 is 4.74 Å². The average Bonchev–Trinajstić information content (AvgIpc) is 2.47. The molecule has 1 aromatic rings. The van der Waals surface area contributed by atoms with Crippen molar-refractivity contribution in [1.29, 1.82) is 0 Å². The predicted octanol–water partition coefficient (Wildman–Crippen LogP) is 4.71. The van der Waals surface area contributed by atoms with Crippen LogP contribution in [-0.2, 0) is 0 Å². The maximum atomic E-state index is 6.00. The molecule has 0 radical (unpaired) electrons. The maximum Gasteiger partial charge on any atom is 0.119 e. The number of ether oxygens (including phenoxy) is 1. The fourth-order valence-corrected chi connectivity index (χ4v) is 2.20. The molecule has 0 saturated heterocycles. The van der Waals surface area contributed by atoms with Crippen LogP contribution < -0.4 is 10.1 Å². The third-order valence-electron chi connectivity index (χ3n) is 3.61. The Morgan fingerprint density at radius 1 is 1.00 bits per heavy atom. The summed E-state index contributed by atoms with van der Waals surface area (Å²) in [5, 5.41) is 3.52. The summed E-state index contributed by atoms with van der Waals surface area (Å²) in [6.45, 7) is 8.59. The summed E-state index contributed by atoms with van der Waals surface area (Å²) in [4.78, 5) is 0. The van der Waals surface area contributed by atoms with Crippen molar-refractivity contribution in [2.75, 3.05) is 13.1 Å². The molecule has 0 amide bonds. The van der Waals surface area contributed by atoms with Crippen molar-refractivity contribution in [3.63, 3.8) is 0 Å². The largest absolute Gasteiger partial charge is 0.489 e. The molecule has 1 unspecified atom stereocenters. The van der Waals surface area contributed by atoms with E-state index >= 15 is 0 Å². The smallest absolute Gasteiger partial charge is 0.119 e. The predicted molar refractivity (Wildman–Crippen MR) is 87.5 cm³/mol. The van der Waals surface area contributed by atoms with Crippen LogP contribution in [0.25, 0.3) is 0 Å². The summed E-state index contributed by atoms with van der Waals surface area (Å²) in [5.74, 6) is 0.979. The lowest BCUT2D eigenvalue weighted by atomic mass is 10.1. The van der Waals surface area contributed by atoms with E-state index in [0.717, 1.165) is 25.3 Å². The van der Waals surface area contributed by atoms with E-state index in [1.807, 2.05) is 0 Å². The molecular weight excluding hydrogens is 246 g/mol. The zero-order chi connectivity index (χ0) is 14.6. The van der Waals surface area contributed by atoms with E-state index in [1.54, 1.807) is 0 Å². The molecule has 0 spiro atoms. The lowest BCUT2D eigenvalue weighted by Crippen LogP contribution is -2.31. The van der Waals surface area contributed by atoms with Gasteiger partial charge in [0.05, 0.1) is 0 Å². The Labute approximate surface area is 124 Å². The van der Waals surface area contributed by atoms with Crippen LogP contribution in [0.5, 0.6) is 5.75 Å².